The lowest BCUT2D eigenvalue weighted by Crippen LogP contribution is -2.46. The third kappa shape index (κ3) is 6.05. The van der Waals surface area contributed by atoms with Gasteiger partial charge in [-0.25, -0.2) is 4.90 Å². The number of ether oxygens (including phenoxy) is 1. The summed E-state index contributed by atoms with van der Waals surface area (Å²) >= 11 is 0. The Bertz CT molecular complexity index is 2010. The number of hydrogen-bond acceptors (Lipinski definition) is 8. The lowest BCUT2D eigenvalue weighted by atomic mass is 9.58. The number of aromatic hydroxyl groups is 1. The second-order valence-electron chi connectivity index (χ2n) is 12.8. The standard InChI is InChI=1S/C38H35BN2O8/c1-48-22-26-19-31-36(38(44)40(37(31)43)27-10-7-11-28(20-27)41(46)47)32-21-39(45)49-34(35(26)32)17-15-24(23-8-3-2-4-9-23)18-25-14-16-33(42)30-13-6-5-12-29(25)30/h2-14,16,18,20,31-32,34,36,42,45H,15,17,19,21-22H2,1H3/b24-18-/t31-,32+,34-,36-/m1/s1. The van der Waals surface area contributed by atoms with Crippen LogP contribution in [0.5, 0.6) is 5.75 Å². The number of phenolic OH excluding ortho intramolecular Hbond substituents is 1. The molecule has 4 atom stereocenters. The minimum Gasteiger partial charge on any atom is -0.507 e. The molecule has 0 saturated carbocycles. The van der Waals surface area contributed by atoms with Gasteiger partial charge in [0.25, 0.3) is 5.69 Å². The van der Waals surface area contributed by atoms with Crippen LogP contribution in [0.4, 0.5) is 11.4 Å². The van der Waals surface area contributed by atoms with Gasteiger partial charge in [0.05, 0.1) is 35.2 Å². The van der Waals surface area contributed by atoms with Gasteiger partial charge in [-0.3, -0.25) is 19.7 Å². The SMILES string of the molecule is COCC1=C2[C@@H](CC/C(=C/c3ccc(O)c4ccccc34)c3ccccc3)OB(O)C[C@@H]2[C@@H]2C(=O)N(c3cccc([N+](=O)[O-])c3)C(=O)[C@@H]2C1. The largest absolute Gasteiger partial charge is 0.507 e. The van der Waals surface area contributed by atoms with Crippen LogP contribution < -0.4 is 4.90 Å². The minimum absolute atomic E-state index is 0.142. The maximum Gasteiger partial charge on any atom is 0.455 e. The summed E-state index contributed by atoms with van der Waals surface area (Å²) < 4.78 is 11.8. The first-order chi connectivity index (χ1) is 23.7. The van der Waals surface area contributed by atoms with Gasteiger partial charge in [0.2, 0.25) is 11.8 Å². The Hall–Kier alpha value is -5.10. The highest BCUT2D eigenvalue weighted by molar-refractivity contribution is 6.43. The number of methoxy groups -OCH3 is 1. The van der Waals surface area contributed by atoms with Gasteiger partial charge in [-0.05, 0) is 76.9 Å². The first-order valence-electron chi connectivity index (χ1n) is 16.4. The number of nitro groups is 1. The van der Waals surface area contributed by atoms with E-state index in [0.29, 0.717) is 12.8 Å². The molecule has 2 amide bonds. The number of phenols is 1. The number of carbonyl (C=O) groups excluding carboxylic acids is 2. The number of non-ortho nitro benzene ring substituents is 1. The zero-order chi connectivity index (χ0) is 34.2. The Morgan fingerprint density at radius 2 is 1.76 bits per heavy atom. The summed E-state index contributed by atoms with van der Waals surface area (Å²) in [4.78, 5) is 39.9. The summed E-state index contributed by atoms with van der Waals surface area (Å²) in [5, 5.41) is 34.7. The van der Waals surface area contributed by atoms with Crippen LogP contribution in [0.1, 0.15) is 30.4 Å². The molecule has 2 N–H and O–H groups in total. The maximum absolute atomic E-state index is 14.1. The Kier molecular flexibility index (Phi) is 8.89. The fraction of sp³-hybridized carbons (Fsp3) is 0.263. The molecule has 0 radical (unpaired) electrons. The number of amides is 2. The zero-order valence-electron chi connectivity index (χ0n) is 26.9. The summed E-state index contributed by atoms with van der Waals surface area (Å²) in [5.74, 6) is -2.51. The van der Waals surface area contributed by atoms with Crippen molar-refractivity contribution in [1.82, 2.24) is 0 Å². The Labute approximate surface area is 283 Å². The van der Waals surface area contributed by atoms with Crippen molar-refractivity contribution in [3.63, 3.8) is 0 Å². The van der Waals surface area contributed by atoms with Crippen LogP contribution in [0, 0.1) is 27.9 Å². The summed E-state index contributed by atoms with van der Waals surface area (Å²) in [6.45, 7) is 0.240. The number of allylic oxidation sites excluding steroid dienone is 1. The van der Waals surface area contributed by atoms with Crippen LogP contribution in [0.3, 0.4) is 0 Å². The lowest BCUT2D eigenvalue weighted by Gasteiger charge is -2.43. The van der Waals surface area contributed by atoms with E-state index in [-0.39, 0.29) is 36.5 Å². The van der Waals surface area contributed by atoms with E-state index in [0.717, 1.165) is 43.5 Å². The molecule has 10 nitrogen and oxygen atoms in total. The van der Waals surface area contributed by atoms with E-state index < -0.39 is 47.7 Å². The van der Waals surface area contributed by atoms with E-state index in [1.54, 1.807) is 13.2 Å². The molecular formula is C38H35BN2O8. The summed E-state index contributed by atoms with van der Waals surface area (Å²) in [6, 6.07) is 26.8. The Balaban J connectivity index is 1.23. The molecule has 2 fully saturated rings. The number of benzene rings is 4. The molecule has 2 saturated heterocycles. The number of nitrogens with zero attached hydrogens (tertiary/aromatic N) is 2. The third-order valence-corrected chi connectivity index (χ3v) is 10.0. The van der Waals surface area contributed by atoms with E-state index in [9.17, 15) is 29.8 Å². The highest BCUT2D eigenvalue weighted by Gasteiger charge is 2.57. The second-order valence-corrected chi connectivity index (χ2v) is 12.8. The molecule has 0 bridgehead atoms. The van der Waals surface area contributed by atoms with Crippen molar-refractivity contribution >= 4 is 52.7 Å². The number of anilines is 1. The van der Waals surface area contributed by atoms with Crippen LogP contribution >= 0.6 is 0 Å². The van der Waals surface area contributed by atoms with Crippen molar-refractivity contribution in [3.8, 4) is 5.75 Å². The van der Waals surface area contributed by atoms with Crippen molar-refractivity contribution in [2.45, 2.75) is 31.7 Å². The second kappa shape index (κ2) is 13.4. The maximum atomic E-state index is 14.1. The normalized spacial score (nSPS) is 22.4. The van der Waals surface area contributed by atoms with E-state index in [2.05, 4.69) is 6.08 Å². The molecule has 4 aromatic carbocycles. The van der Waals surface area contributed by atoms with Gasteiger partial charge >= 0.3 is 7.12 Å². The summed E-state index contributed by atoms with van der Waals surface area (Å²) in [6.07, 6.45) is 3.05. The first-order valence-corrected chi connectivity index (χ1v) is 16.4. The monoisotopic (exact) mass is 658 g/mol. The van der Waals surface area contributed by atoms with Crippen molar-refractivity contribution in [2.24, 2.45) is 17.8 Å². The molecular weight excluding hydrogens is 623 g/mol. The van der Waals surface area contributed by atoms with Crippen molar-refractivity contribution < 1.29 is 34.0 Å². The molecule has 2 aliphatic heterocycles. The fourth-order valence-corrected chi connectivity index (χ4v) is 7.93. The van der Waals surface area contributed by atoms with Gasteiger partial charge in [0, 0.05) is 24.6 Å². The van der Waals surface area contributed by atoms with Crippen LogP contribution in [0.15, 0.2) is 102 Å². The van der Waals surface area contributed by atoms with E-state index >= 15 is 0 Å². The zero-order valence-corrected chi connectivity index (χ0v) is 26.9. The molecule has 0 unspecified atom stereocenters. The van der Waals surface area contributed by atoms with Crippen molar-refractivity contribution in [1.29, 1.82) is 0 Å². The molecule has 4 aromatic rings. The summed E-state index contributed by atoms with van der Waals surface area (Å²) in [7, 11) is 0.429. The van der Waals surface area contributed by atoms with Crippen LogP contribution in [0.25, 0.3) is 22.4 Å². The molecule has 3 aliphatic rings. The van der Waals surface area contributed by atoms with Gasteiger partial charge in [0.1, 0.15) is 5.75 Å². The van der Waals surface area contributed by atoms with Crippen molar-refractivity contribution in [2.75, 3.05) is 18.6 Å². The quantitative estimate of drug-likeness (QED) is 0.0525. The molecule has 7 rings (SSSR count). The van der Waals surface area contributed by atoms with Crippen LogP contribution in [0.2, 0.25) is 6.32 Å². The number of rotatable bonds is 9. The van der Waals surface area contributed by atoms with Gasteiger partial charge < -0.3 is 19.5 Å². The molecule has 0 aromatic heterocycles. The van der Waals surface area contributed by atoms with Crippen LogP contribution in [-0.2, 0) is 19.0 Å². The van der Waals surface area contributed by atoms with Gasteiger partial charge in [-0.2, -0.15) is 0 Å². The number of nitro benzene ring substituents is 1. The highest BCUT2D eigenvalue weighted by atomic mass is 16.6. The van der Waals surface area contributed by atoms with Gasteiger partial charge in [-0.1, -0.05) is 72.8 Å². The van der Waals surface area contributed by atoms with E-state index in [1.807, 2.05) is 60.7 Å². The highest BCUT2D eigenvalue weighted by Crippen LogP contribution is 2.51. The van der Waals surface area contributed by atoms with Gasteiger partial charge in [-0.15, -0.1) is 0 Å². The van der Waals surface area contributed by atoms with Gasteiger partial charge in [0.15, 0.2) is 0 Å². The fourth-order valence-electron chi connectivity index (χ4n) is 7.93. The molecule has 11 heteroatoms. The third-order valence-electron chi connectivity index (χ3n) is 10.0. The Morgan fingerprint density at radius 3 is 2.51 bits per heavy atom. The lowest BCUT2D eigenvalue weighted by molar-refractivity contribution is -0.384. The molecule has 0 spiro atoms. The number of carbonyl (C=O) groups is 2. The summed E-state index contributed by atoms with van der Waals surface area (Å²) in [5.41, 5.74) is 4.72. The molecule has 1 aliphatic carbocycles. The van der Waals surface area contributed by atoms with E-state index in [4.69, 9.17) is 9.39 Å². The number of imide groups is 1. The first kappa shape index (κ1) is 32.5. The number of fused-ring (bicyclic) bond motifs is 4. The average Bonchev–Trinajstić information content (AvgIpc) is 3.36. The Morgan fingerprint density at radius 1 is 1.00 bits per heavy atom. The average molecular weight is 659 g/mol. The smallest absolute Gasteiger partial charge is 0.455 e. The van der Waals surface area contributed by atoms with Crippen LogP contribution in [-0.4, -0.2) is 53.8 Å². The molecule has 49 heavy (non-hydrogen) atoms. The number of hydrogen-bond donors (Lipinski definition) is 2. The molecule has 248 valence electrons. The topological polar surface area (TPSA) is 139 Å². The van der Waals surface area contributed by atoms with Crippen molar-refractivity contribution in [3.05, 3.63) is 123 Å². The predicted molar refractivity (Wildman–Crippen MR) is 186 cm³/mol. The molecule has 2 heterocycles. The van der Waals surface area contributed by atoms with E-state index in [1.165, 1.54) is 24.3 Å². The minimum atomic E-state index is -1.15. The predicted octanol–water partition coefficient (Wildman–Crippen LogP) is 6.42.